The van der Waals surface area contributed by atoms with E-state index >= 15 is 0 Å². The topological polar surface area (TPSA) is 187 Å². The van der Waals surface area contributed by atoms with Gasteiger partial charge in [0.1, 0.15) is 0 Å². The van der Waals surface area contributed by atoms with E-state index in [1.54, 1.807) is 36.7 Å². The number of nitrogens with two attached hydrogens (primary N) is 2. The van der Waals surface area contributed by atoms with Crippen molar-refractivity contribution in [3.8, 4) is 0 Å². The standard InChI is InChI=1S/2C6H6N2O.C6H10O4/c2*7-6(9)5-2-1-3-8-4-5;7-5(8)3-1-2-4-6(9)10/h2*1-4H,(H2,7,9);1-4H2,(H,7,8)(H,9,10). The first-order valence-corrected chi connectivity index (χ1v) is 8.07. The van der Waals surface area contributed by atoms with Gasteiger partial charge in [-0.3, -0.25) is 29.1 Å². The molecule has 2 aromatic heterocycles. The largest absolute Gasteiger partial charge is 0.481 e. The Morgan fingerprint density at radius 3 is 1.29 bits per heavy atom. The number of aromatic nitrogens is 2. The Hall–Kier alpha value is -3.82. The summed E-state index contributed by atoms with van der Waals surface area (Å²) in [6.07, 6.45) is 7.06. The van der Waals surface area contributed by atoms with Crippen molar-refractivity contribution < 1.29 is 29.4 Å². The van der Waals surface area contributed by atoms with Crippen LogP contribution in [0.5, 0.6) is 0 Å². The average Bonchev–Trinajstić information content (AvgIpc) is 2.67. The summed E-state index contributed by atoms with van der Waals surface area (Å²) in [6.45, 7) is 0. The molecule has 0 aromatic carbocycles. The third kappa shape index (κ3) is 13.5. The lowest BCUT2D eigenvalue weighted by atomic mass is 10.2. The number of hydrogen-bond donors (Lipinski definition) is 4. The van der Waals surface area contributed by atoms with Crippen LogP contribution in [0.4, 0.5) is 0 Å². The van der Waals surface area contributed by atoms with Crippen LogP contribution >= 0.6 is 0 Å². The van der Waals surface area contributed by atoms with Crippen LogP contribution in [-0.2, 0) is 9.59 Å². The van der Waals surface area contributed by atoms with Crippen molar-refractivity contribution >= 4 is 23.8 Å². The van der Waals surface area contributed by atoms with Crippen LogP contribution in [0.1, 0.15) is 46.4 Å². The predicted molar refractivity (Wildman–Crippen MR) is 99.2 cm³/mol. The third-order valence-electron chi connectivity index (χ3n) is 2.92. The van der Waals surface area contributed by atoms with Crippen molar-refractivity contribution in [1.29, 1.82) is 0 Å². The number of hydrogen-bond acceptors (Lipinski definition) is 6. The van der Waals surface area contributed by atoms with E-state index in [-0.39, 0.29) is 12.8 Å². The van der Waals surface area contributed by atoms with Gasteiger partial charge in [0.2, 0.25) is 11.8 Å². The summed E-state index contributed by atoms with van der Waals surface area (Å²) in [5.41, 5.74) is 10.8. The molecule has 0 aliphatic rings. The van der Waals surface area contributed by atoms with Crippen molar-refractivity contribution in [1.82, 2.24) is 9.97 Å². The highest BCUT2D eigenvalue weighted by Crippen LogP contribution is 1.98. The summed E-state index contributed by atoms with van der Waals surface area (Å²) in [5, 5.41) is 16.3. The monoisotopic (exact) mass is 390 g/mol. The minimum absolute atomic E-state index is 0.0628. The molecule has 2 rings (SSSR count). The number of nitrogens with zero attached hydrogens (tertiary/aromatic N) is 2. The Morgan fingerprint density at radius 1 is 0.750 bits per heavy atom. The van der Waals surface area contributed by atoms with Crippen molar-refractivity contribution in [3.63, 3.8) is 0 Å². The highest BCUT2D eigenvalue weighted by molar-refractivity contribution is 5.92. The molecule has 150 valence electrons. The Morgan fingerprint density at radius 2 is 1.11 bits per heavy atom. The van der Waals surface area contributed by atoms with E-state index in [4.69, 9.17) is 21.7 Å². The van der Waals surface area contributed by atoms with Gasteiger partial charge in [0, 0.05) is 37.6 Å². The van der Waals surface area contributed by atoms with Gasteiger partial charge in [-0.15, -0.1) is 0 Å². The molecule has 0 radical (unpaired) electrons. The summed E-state index contributed by atoms with van der Waals surface area (Å²) < 4.78 is 0. The van der Waals surface area contributed by atoms with Crippen LogP contribution < -0.4 is 11.5 Å². The first kappa shape index (κ1) is 24.2. The minimum atomic E-state index is -0.870. The molecule has 10 heteroatoms. The van der Waals surface area contributed by atoms with Gasteiger partial charge in [-0.05, 0) is 37.1 Å². The molecule has 0 bridgehead atoms. The molecule has 28 heavy (non-hydrogen) atoms. The maximum atomic E-state index is 10.4. The van der Waals surface area contributed by atoms with E-state index in [1.165, 1.54) is 12.4 Å². The zero-order valence-electron chi connectivity index (χ0n) is 15.0. The number of carboxylic acids is 2. The lowest BCUT2D eigenvalue weighted by Gasteiger charge is -1.92. The number of rotatable bonds is 7. The molecular formula is C18H22N4O6. The fourth-order valence-corrected chi connectivity index (χ4v) is 1.57. The molecule has 2 aromatic rings. The number of carbonyl (C=O) groups excluding carboxylic acids is 2. The van der Waals surface area contributed by atoms with Gasteiger partial charge in [0.25, 0.3) is 0 Å². The molecule has 2 amide bonds. The Labute approximate surface area is 161 Å². The number of carbonyl (C=O) groups is 4. The fourth-order valence-electron chi connectivity index (χ4n) is 1.57. The summed E-state index contributed by atoms with van der Waals surface area (Å²) in [5.74, 6) is -2.62. The van der Waals surface area contributed by atoms with Gasteiger partial charge < -0.3 is 21.7 Å². The molecule has 0 atom stereocenters. The van der Waals surface area contributed by atoms with Crippen molar-refractivity contribution in [2.75, 3.05) is 0 Å². The molecule has 0 aliphatic carbocycles. The molecule has 2 heterocycles. The second-order valence-electron chi connectivity index (χ2n) is 5.21. The van der Waals surface area contributed by atoms with E-state index in [0.717, 1.165) is 0 Å². The lowest BCUT2D eigenvalue weighted by molar-refractivity contribution is -0.139. The van der Waals surface area contributed by atoms with Crippen LogP contribution in [-0.4, -0.2) is 43.9 Å². The van der Waals surface area contributed by atoms with Crippen LogP contribution in [0.15, 0.2) is 49.1 Å². The van der Waals surface area contributed by atoms with Gasteiger partial charge in [0.15, 0.2) is 0 Å². The molecule has 0 fully saturated rings. The van der Waals surface area contributed by atoms with Gasteiger partial charge >= 0.3 is 11.9 Å². The van der Waals surface area contributed by atoms with Gasteiger partial charge in [-0.2, -0.15) is 0 Å². The van der Waals surface area contributed by atoms with E-state index < -0.39 is 23.8 Å². The van der Waals surface area contributed by atoms with Crippen LogP contribution in [0.25, 0.3) is 0 Å². The molecule has 0 aliphatic heterocycles. The molecule has 0 saturated carbocycles. The van der Waals surface area contributed by atoms with E-state index in [2.05, 4.69) is 9.97 Å². The second kappa shape index (κ2) is 14.4. The van der Waals surface area contributed by atoms with Gasteiger partial charge in [0.05, 0.1) is 11.1 Å². The summed E-state index contributed by atoms with van der Waals surface area (Å²) in [4.78, 5) is 48.0. The van der Waals surface area contributed by atoms with Crippen molar-refractivity contribution in [2.24, 2.45) is 11.5 Å². The Balaban J connectivity index is 0.000000391. The van der Waals surface area contributed by atoms with Gasteiger partial charge in [-0.25, -0.2) is 0 Å². The smallest absolute Gasteiger partial charge is 0.303 e. The molecular weight excluding hydrogens is 368 g/mol. The number of aliphatic carboxylic acids is 2. The summed E-state index contributed by atoms with van der Waals surface area (Å²) >= 11 is 0. The van der Waals surface area contributed by atoms with Gasteiger partial charge in [-0.1, -0.05) is 0 Å². The number of primary amides is 2. The maximum absolute atomic E-state index is 10.4. The second-order valence-corrected chi connectivity index (χ2v) is 5.21. The highest BCUT2D eigenvalue weighted by atomic mass is 16.4. The number of pyridine rings is 2. The Bertz CT molecular complexity index is 688. The first-order chi connectivity index (χ1) is 13.2. The van der Waals surface area contributed by atoms with E-state index in [1.807, 2.05) is 0 Å². The molecule has 0 saturated heterocycles. The van der Waals surface area contributed by atoms with Crippen LogP contribution in [0, 0.1) is 0 Å². The highest BCUT2D eigenvalue weighted by Gasteiger charge is 1.99. The molecule has 10 nitrogen and oxygen atoms in total. The normalized spacial score (nSPS) is 9.00. The van der Waals surface area contributed by atoms with E-state index in [0.29, 0.717) is 24.0 Å². The summed E-state index contributed by atoms with van der Waals surface area (Å²) in [7, 11) is 0. The third-order valence-corrected chi connectivity index (χ3v) is 2.92. The van der Waals surface area contributed by atoms with Crippen LogP contribution in [0.2, 0.25) is 0 Å². The summed E-state index contributed by atoms with van der Waals surface area (Å²) in [6, 6.07) is 6.57. The molecule has 0 spiro atoms. The van der Waals surface area contributed by atoms with E-state index in [9.17, 15) is 19.2 Å². The number of amides is 2. The lowest BCUT2D eigenvalue weighted by Crippen LogP contribution is -2.10. The molecule has 6 N–H and O–H groups in total. The quantitative estimate of drug-likeness (QED) is 0.505. The average molecular weight is 390 g/mol. The number of carboxylic acid groups (broad SMARTS) is 2. The zero-order valence-corrected chi connectivity index (χ0v) is 15.0. The Kier molecular flexibility index (Phi) is 12.4. The van der Waals surface area contributed by atoms with Crippen molar-refractivity contribution in [3.05, 3.63) is 60.2 Å². The minimum Gasteiger partial charge on any atom is -0.481 e. The fraction of sp³-hybridized carbons (Fsp3) is 0.222. The number of unbranched alkanes of at least 4 members (excludes halogenated alkanes) is 1. The van der Waals surface area contributed by atoms with Crippen LogP contribution in [0.3, 0.4) is 0 Å². The first-order valence-electron chi connectivity index (χ1n) is 8.07. The maximum Gasteiger partial charge on any atom is 0.303 e. The predicted octanol–water partition coefficient (Wildman–Crippen LogP) is 1.08. The molecule has 0 unspecified atom stereocenters. The van der Waals surface area contributed by atoms with Crippen molar-refractivity contribution in [2.45, 2.75) is 25.7 Å². The SMILES string of the molecule is NC(=O)c1cccnc1.NC(=O)c1cccnc1.O=C(O)CCCCC(=O)O. The zero-order chi connectivity index (χ0) is 21.4.